The Hall–Kier alpha value is -2.28. The van der Waals surface area contributed by atoms with Gasteiger partial charge in [-0.15, -0.1) is 22.7 Å². The average molecular weight is 414 g/mol. The Morgan fingerprint density at radius 3 is 2.74 bits per heavy atom. The molecule has 0 N–H and O–H groups in total. The first kappa shape index (κ1) is 18.1. The van der Waals surface area contributed by atoms with Crippen LogP contribution in [0.3, 0.4) is 0 Å². The number of nitrogens with zero attached hydrogens (tertiary/aromatic N) is 3. The van der Waals surface area contributed by atoms with Crippen LogP contribution >= 0.6 is 34.3 Å². The van der Waals surface area contributed by atoms with Crippen molar-refractivity contribution in [2.24, 2.45) is 0 Å². The van der Waals surface area contributed by atoms with Gasteiger partial charge in [-0.2, -0.15) is 0 Å². The second kappa shape index (κ2) is 7.38. The van der Waals surface area contributed by atoms with E-state index in [0.29, 0.717) is 10.7 Å². The zero-order chi connectivity index (χ0) is 19.0. The lowest BCUT2D eigenvalue weighted by Crippen LogP contribution is -2.29. The highest BCUT2D eigenvalue weighted by molar-refractivity contribution is 7.18. The predicted molar refractivity (Wildman–Crippen MR) is 113 cm³/mol. The van der Waals surface area contributed by atoms with Gasteiger partial charge in [0.2, 0.25) is 0 Å². The van der Waals surface area contributed by atoms with E-state index in [1.807, 2.05) is 55.5 Å². The van der Waals surface area contributed by atoms with Gasteiger partial charge in [-0.3, -0.25) is 4.79 Å². The molecule has 4 nitrogen and oxygen atoms in total. The normalized spacial score (nSPS) is 12.3. The van der Waals surface area contributed by atoms with E-state index in [9.17, 15) is 4.79 Å². The quantitative estimate of drug-likeness (QED) is 0.418. The van der Waals surface area contributed by atoms with Crippen molar-refractivity contribution in [2.45, 2.75) is 13.0 Å². The molecule has 1 atom stereocenters. The molecule has 0 unspecified atom stereocenters. The van der Waals surface area contributed by atoms with Gasteiger partial charge in [0, 0.05) is 23.0 Å². The minimum atomic E-state index is -0.133. The summed E-state index contributed by atoms with van der Waals surface area (Å²) in [6.45, 7) is 1.99. The lowest BCUT2D eigenvalue weighted by molar-refractivity contribution is 0.0737. The van der Waals surface area contributed by atoms with Gasteiger partial charge in [-0.05, 0) is 31.2 Å². The lowest BCUT2D eigenvalue weighted by atomic mass is 10.2. The molecule has 0 fully saturated rings. The highest BCUT2D eigenvalue weighted by Gasteiger charge is 2.23. The van der Waals surface area contributed by atoms with Gasteiger partial charge in [0.05, 0.1) is 16.3 Å². The van der Waals surface area contributed by atoms with Crippen LogP contribution in [-0.4, -0.2) is 27.8 Å². The van der Waals surface area contributed by atoms with E-state index in [1.54, 1.807) is 28.7 Å². The van der Waals surface area contributed by atoms with E-state index in [0.717, 1.165) is 25.8 Å². The van der Waals surface area contributed by atoms with Gasteiger partial charge in [-0.25, -0.2) is 9.97 Å². The van der Waals surface area contributed by atoms with Crippen LogP contribution < -0.4 is 0 Å². The van der Waals surface area contributed by atoms with Gasteiger partial charge in [0.1, 0.15) is 15.7 Å². The number of halogens is 1. The third-order valence-electron chi connectivity index (χ3n) is 4.36. The van der Waals surface area contributed by atoms with E-state index < -0.39 is 0 Å². The topological polar surface area (TPSA) is 46.1 Å². The van der Waals surface area contributed by atoms with Gasteiger partial charge in [-0.1, -0.05) is 35.9 Å². The Morgan fingerprint density at radius 1 is 1.15 bits per heavy atom. The minimum absolute atomic E-state index is 0.119. The number of carbonyl (C=O) groups is 1. The van der Waals surface area contributed by atoms with E-state index in [2.05, 4.69) is 9.97 Å². The fourth-order valence-corrected chi connectivity index (χ4v) is 4.76. The molecule has 0 saturated carbocycles. The van der Waals surface area contributed by atoms with Crippen molar-refractivity contribution in [1.29, 1.82) is 0 Å². The molecule has 0 radical (unpaired) electrons. The predicted octanol–water partition coefficient (Wildman–Crippen LogP) is 5.91. The molecule has 2 aromatic carbocycles. The van der Waals surface area contributed by atoms with Crippen LogP contribution in [0.1, 0.15) is 28.5 Å². The maximum atomic E-state index is 12.9. The Balaban J connectivity index is 1.56. The van der Waals surface area contributed by atoms with E-state index in [1.165, 1.54) is 11.3 Å². The first-order valence-corrected chi connectivity index (χ1v) is 10.4. The Bertz CT molecular complexity index is 1090. The van der Waals surface area contributed by atoms with Gasteiger partial charge in [0.15, 0.2) is 0 Å². The van der Waals surface area contributed by atoms with Crippen molar-refractivity contribution < 1.29 is 4.79 Å². The molecule has 0 saturated heterocycles. The number of thiazole rings is 2. The van der Waals surface area contributed by atoms with Crippen molar-refractivity contribution in [2.75, 3.05) is 7.05 Å². The summed E-state index contributed by atoms with van der Waals surface area (Å²) >= 11 is 9.10. The molecular weight excluding hydrogens is 398 g/mol. The Labute approximate surface area is 170 Å². The molecule has 1 amide bonds. The second-order valence-electron chi connectivity index (χ2n) is 6.16. The van der Waals surface area contributed by atoms with Crippen LogP contribution in [0.15, 0.2) is 53.9 Å². The summed E-state index contributed by atoms with van der Waals surface area (Å²) in [6, 6.07) is 15.3. The molecule has 0 aliphatic carbocycles. The van der Waals surface area contributed by atoms with Crippen molar-refractivity contribution >= 4 is 50.4 Å². The van der Waals surface area contributed by atoms with Crippen LogP contribution in [0.25, 0.3) is 20.8 Å². The Morgan fingerprint density at radius 2 is 1.96 bits per heavy atom. The van der Waals surface area contributed by atoms with Crippen LogP contribution in [0.4, 0.5) is 0 Å². The number of rotatable bonds is 4. The molecule has 0 spiro atoms. The van der Waals surface area contributed by atoms with E-state index >= 15 is 0 Å². The summed E-state index contributed by atoms with van der Waals surface area (Å²) in [6.07, 6.45) is 0. The fraction of sp³-hybridized carbons (Fsp3) is 0.150. The average Bonchev–Trinajstić information content (AvgIpc) is 3.33. The largest absolute Gasteiger partial charge is 0.331 e. The molecule has 0 aliphatic heterocycles. The summed E-state index contributed by atoms with van der Waals surface area (Å²) in [7, 11) is 1.79. The summed E-state index contributed by atoms with van der Waals surface area (Å²) in [5, 5.41) is 4.14. The van der Waals surface area contributed by atoms with Gasteiger partial charge >= 0.3 is 0 Å². The summed E-state index contributed by atoms with van der Waals surface area (Å²) in [4.78, 5) is 23.8. The van der Waals surface area contributed by atoms with Crippen LogP contribution in [0.5, 0.6) is 0 Å². The monoisotopic (exact) mass is 413 g/mol. The highest BCUT2D eigenvalue weighted by Crippen LogP contribution is 2.31. The number of carbonyl (C=O) groups excluding carboxylic acids is 1. The third-order valence-corrected chi connectivity index (χ3v) is 6.70. The third kappa shape index (κ3) is 3.60. The van der Waals surface area contributed by atoms with E-state index in [4.69, 9.17) is 11.6 Å². The highest BCUT2D eigenvalue weighted by atomic mass is 35.5. The number of para-hydroxylation sites is 1. The summed E-state index contributed by atoms with van der Waals surface area (Å²) < 4.78 is 1.12. The number of hydrogen-bond acceptors (Lipinski definition) is 5. The zero-order valence-corrected chi connectivity index (χ0v) is 17.1. The minimum Gasteiger partial charge on any atom is -0.331 e. The van der Waals surface area contributed by atoms with Crippen molar-refractivity contribution in [3.63, 3.8) is 0 Å². The zero-order valence-electron chi connectivity index (χ0n) is 14.7. The second-order valence-corrected chi connectivity index (χ2v) is 8.52. The van der Waals surface area contributed by atoms with Crippen LogP contribution in [0.2, 0.25) is 5.02 Å². The maximum Gasteiger partial charge on any atom is 0.273 e. The van der Waals surface area contributed by atoms with E-state index in [-0.39, 0.29) is 11.9 Å². The Kier molecular flexibility index (Phi) is 4.95. The molecule has 7 heteroatoms. The van der Waals surface area contributed by atoms with Crippen molar-refractivity contribution in [3.8, 4) is 10.6 Å². The van der Waals surface area contributed by atoms with Crippen molar-refractivity contribution in [3.05, 3.63) is 69.6 Å². The molecule has 0 aliphatic rings. The first-order valence-electron chi connectivity index (χ1n) is 8.37. The van der Waals surface area contributed by atoms with Crippen molar-refractivity contribution in [1.82, 2.24) is 14.9 Å². The molecule has 2 aromatic heterocycles. The SMILES string of the molecule is C[C@H](c1nc2ccccc2s1)N(C)C(=O)c1csc(-c2cccc(Cl)c2)n1. The number of benzene rings is 2. The molecule has 2 heterocycles. The molecule has 0 bridgehead atoms. The summed E-state index contributed by atoms with van der Waals surface area (Å²) in [5.41, 5.74) is 2.31. The number of amides is 1. The first-order chi connectivity index (χ1) is 13.0. The van der Waals surface area contributed by atoms with Crippen LogP contribution in [0, 0.1) is 0 Å². The number of hydrogen-bond donors (Lipinski definition) is 0. The maximum absolute atomic E-state index is 12.9. The summed E-state index contributed by atoms with van der Waals surface area (Å²) in [5.74, 6) is -0.119. The molecular formula is C20H16ClN3OS2. The smallest absolute Gasteiger partial charge is 0.273 e. The van der Waals surface area contributed by atoms with Crippen LogP contribution in [-0.2, 0) is 0 Å². The lowest BCUT2D eigenvalue weighted by Gasteiger charge is -2.22. The number of aromatic nitrogens is 2. The molecule has 4 aromatic rings. The molecule has 27 heavy (non-hydrogen) atoms. The molecule has 136 valence electrons. The standard InChI is InChI=1S/C20H16ClN3OS2/c1-12(18-22-15-8-3-4-9-17(15)27-18)24(2)20(25)16-11-26-19(23-16)13-6-5-7-14(21)10-13/h3-12H,1-2H3/t12-/m1/s1. The van der Waals surface area contributed by atoms with Gasteiger partial charge in [0.25, 0.3) is 5.91 Å². The number of fused-ring (bicyclic) bond motifs is 1. The van der Waals surface area contributed by atoms with Gasteiger partial charge < -0.3 is 4.90 Å². The fourth-order valence-electron chi connectivity index (χ4n) is 2.72. The molecule has 4 rings (SSSR count).